The number of anilines is 1. The third-order valence-electron chi connectivity index (χ3n) is 5.36. The molecule has 162 valence electrons. The number of carbonyl (C=O) groups excluding carboxylic acids is 1. The molecule has 1 fully saturated rings. The first-order valence-corrected chi connectivity index (χ1v) is 10.4. The van der Waals surface area contributed by atoms with Gasteiger partial charge in [0.05, 0.1) is 13.0 Å². The van der Waals surface area contributed by atoms with Crippen LogP contribution in [-0.4, -0.2) is 32.0 Å². The number of carbonyl (C=O) groups is 1. The van der Waals surface area contributed by atoms with Crippen LogP contribution in [0.4, 0.5) is 14.5 Å². The van der Waals surface area contributed by atoms with Crippen LogP contribution >= 0.6 is 23.2 Å². The van der Waals surface area contributed by atoms with Gasteiger partial charge in [-0.3, -0.25) is 4.79 Å². The smallest absolute Gasteiger partial charge is 0.248 e. The van der Waals surface area contributed by atoms with Crippen LogP contribution in [0.25, 0.3) is 11.4 Å². The van der Waals surface area contributed by atoms with Crippen molar-refractivity contribution in [1.82, 2.24) is 20.2 Å². The molecule has 1 saturated carbocycles. The minimum atomic E-state index is -2.77. The molecular weight excluding hydrogens is 447 g/mol. The van der Waals surface area contributed by atoms with Gasteiger partial charge >= 0.3 is 0 Å². The second-order valence-electron chi connectivity index (χ2n) is 7.71. The van der Waals surface area contributed by atoms with Crippen molar-refractivity contribution in [2.24, 2.45) is 13.0 Å². The summed E-state index contributed by atoms with van der Waals surface area (Å²) in [5.41, 5.74) is 1.77. The SMILES string of the molecule is Cn1nnc(-c2ccc([C@@H](C(=O)Nc3cc(Cl)cc(Cl)c3)[C@H]3CCC(F)(F)C3)cc2)n1. The Labute approximate surface area is 187 Å². The maximum atomic E-state index is 14.0. The van der Waals surface area contributed by atoms with E-state index in [2.05, 4.69) is 20.7 Å². The maximum Gasteiger partial charge on any atom is 0.248 e. The van der Waals surface area contributed by atoms with Crippen molar-refractivity contribution in [2.45, 2.75) is 31.1 Å². The minimum absolute atomic E-state index is 0.230. The second-order valence-corrected chi connectivity index (χ2v) is 8.58. The number of rotatable bonds is 5. The van der Waals surface area contributed by atoms with Gasteiger partial charge in [0.25, 0.3) is 0 Å². The molecule has 3 aromatic rings. The quantitative estimate of drug-likeness (QED) is 0.551. The number of alkyl halides is 2. The maximum absolute atomic E-state index is 14.0. The largest absolute Gasteiger partial charge is 0.325 e. The number of hydrogen-bond donors (Lipinski definition) is 1. The van der Waals surface area contributed by atoms with Crippen LogP contribution in [0.3, 0.4) is 0 Å². The van der Waals surface area contributed by atoms with Crippen molar-refractivity contribution in [2.75, 3.05) is 5.32 Å². The molecule has 6 nitrogen and oxygen atoms in total. The fourth-order valence-electron chi connectivity index (χ4n) is 3.99. The Kier molecular flexibility index (Phi) is 5.94. The van der Waals surface area contributed by atoms with Crippen LogP contribution in [0.15, 0.2) is 42.5 Å². The normalized spacial score (nSPS) is 18.7. The molecule has 1 heterocycles. The first kappa shape index (κ1) is 21.6. The first-order valence-electron chi connectivity index (χ1n) is 9.69. The molecule has 1 aliphatic rings. The summed E-state index contributed by atoms with van der Waals surface area (Å²) in [6.45, 7) is 0. The van der Waals surface area contributed by atoms with Gasteiger partial charge in [-0.2, -0.15) is 4.80 Å². The van der Waals surface area contributed by atoms with Gasteiger partial charge < -0.3 is 5.32 Å². The Hall–Kier alpha value is -2.58. The average molecular weight is 466 g/mol. The molecule has 2 atom stereocenters. The fraction of sp³-hybridized carbons (Fsp3) is 0.333. The zero-order valence-corrected chi connectivity index (χ0v) is 18.0. The molecule has 0 saturated heterocycles. The van der Waals surface area contributed by atoms with Crippen LogP contribution in [0.2, 0.25) is 10.0 Å². The lowest BCUT2D eigenvalue weighted by Gasteiger charge is -2.24. The minimum Gasteiger partial charge on any atom is -0.325 e. The monoisotopic (exact) mass is 465 g/mol. The summed E-state index contributed by atoms with van der Waals surface area (Å²) >= 11 is 12.0. The molecule has 0 radical (unpaired) electrons. The van der Waals surface area contributed by atoms with E-state index in [1.807, 2.05) is 0 Å². The number of aromatic nitrogens is 4. The zero-order chi connectivity index (χ0) is 22.2. The molecule has 2 aromatic carbocycles. The molecule has 4 rings (SSSR count). The Morgan fingerprint density at radius 1 is 1.19 bits per heavy atom. The summed E-state index contributed by atoms with van der Waals surface area (Å²) in [7, 11) is 1.66. The number of nitrogens with zero attached hydrogens (tertiary/aromatic N) is 4. The molecule has 1 amide bonds. The van der Waals surface area contributed by atoms with E-state index in [0.29, 0.717) is 27.1 Å². The van der Waals surface area contributed by atoms with Gasteiger partial charge in [-0.1, -0.05) is 47.5 Å². The summed E-state index contributed by atoms with van der Waals surface area (Å²) < 4.78 is 27.9. The van der Waals surface area contributed by atoms with E-state index < -0.39 is 17.8 Å². The van der Waals surface area contributed by atoms with Gasteiger partial charge in [0.15, 0.2) is 0 Å². The first-order chi connectivity index (χ1) is 14.7. The number of nitrogens with one attached hydrogen (secondary N) is 1. The molecule has 0 bridgehead atoms. The number of aryl methyl sites for hydroxylation is 1. The summed E-state index contributed by atoms with van der Waals surface area (Å²) in [4.78, 5) is 14.6. The van der Waals surface area contributed by atoms with E-state index in [1.165, 1.54) is 4.80 Å². The Bertz CT molecular complexity index is 1080. The highest BCUT2D eigenvalue weighted by Gasteiger charge is 2.45. The summed E-state index contributed by atoms with van der Waals surface area (Å²) in [5.74, 6) is -3.96. The molecule has 1 N–H and O–H groups in total. The highest BCUT2D eigenvalue weighted by Crippen LogP contribution is 2.46. The van der Waals surface area contributed by atoms with Crippen molar-refractivity contribution in [1.29, 1.82) is 0 Å². The van der Waals surface area contributed by atoms with Gasteiger partial charge in [-0.05, 0) is 41.3 Å². The number of amides is 1. The topological polar surface area (TPSA) is 72.7 Å². The van der Waals surface area contributed by atoms with Crippen LogP contribution in [0.5, 0.6) is 0 Å². The summed E-state index contributed by atoms with van der Waals surface area (Å²) in [6, 6.07) is 11.7. The average Bonchev–Trinajstić information content (AvgIpc) is 3.27. The van der Waals surface area contributed by atoms with Crippen LogP contribution in [-0.2, 0) is 11.8 Å². The number of halogens is 4. The van der Waals surface area contributed by atoms with Crippen LogP contribution < -0.4 is 5.32 Å². The van der Waals surface area contributed by atoms with Gasteiger partial charge in [0, 0.05) is 34.1 Å². The van der Waals surface area contributed by atoms with E-state index in [1.54, 1.807) is 49.5 Å². The van der Waals surface area contributed by atoms with Gasteiger partial charge in [-0.15, -0.1) is 10.2 Å². The molecule has 1 aliphatic carbocycles. The third-order valence-corrected chi connectivity index (χ3v) is 5.80. The zero-order valence-electron chi connectivity index (χ0n) is 16.5. The lowest BCUT2D eigenvalue weighted by molar-refractivity contribution is -0.118. The van der Waals surface area contributed by atoms with Crippen molar-refractivity contribution in [3.8, 4) is 11.4 Å². The highest BCUT2D eigenvalue weighted by molar-refractivity contribution is 6.35. The standard InChI is InChI=1S/C21H19Cl2F2N5O/c1-30-28-19(27-29-30)13-4-2-12(3-5-13)18(14-6-7-21(24,25)11-14)20(31)26-17-9-15(22)8-16(23)10-17/h2-5,8-10,14,18H,6-7,11H2,1H3,(H,26,31)/t14-,18+/m0/s1. The fourth-order valence-corrected chi connectivity index (χ4v) is 4.52. The predicted molar refractivity (Wildman–Crippen MR) is 114 cm³/mol. The summed E-state index contributed by atoms with van der Waals surface area (Å²) in [5, 5.41) is 15.4. The van der Waals surface area contributed by atoms with Crippen molar-refractivity contribution >= 4 is 34.8 Å². The van der Waals surface area contributed by atoms with Crippen LogP contribution in [0.1, 0.15) is 30.7 Å². The molecule has 0 spiro atoms. The Morgan fingerprint density at radius 3 is 2.42 bits per heavy atom. The van der Waals surface area contributed by atoms with E-state index in [0.717, 1.165) is 5.56 Å². The Balaban J connectivity index is 1.63. The van der Waals surface area contributed by atoms with Crippen molar-refractivity contribution in [3.05, 3.63) is 58.1 Å². The lowest BCUT2D eigenvalue weighted by Crippen LogP contribution is -2.27. The second kappa shape index (κ2) is 8.51. The van der Waals surface area contributed by atoms with E-state index in [9.17, 15) is 13.6 Å². The van der Waals surface area contributed by atoms with Gasteiger partial charge in [-0.25, -0.2) is 8.78 Å². The number of hydrogen-bond acceptors (Lipinski definition) is 4. The molecule has 1 aromatic heterocycles. The lowest BCUT2D eigenvalue weighted by atomic mass is 9.83. The molecule has 0 unspecified atom stereocenters. The third kappa shape index (κ3) is 5.02. The Morgan fingerprint density at radius 2 is 1.87 bits per heavy atom. The molecule has 31 heavy (non-hydrogen) atoms. The van der Waals surface area contributed by atoms with Gasteiger partial charge in [0.1, 0.15) is 0 Å². The van der Waals surface area contributed by atoms with E-state index >= 15 is 0 Å². The molecule has 10 heteroatoms. The van der Waals surface area contributed by atoms with Crippen molar-refractivity contribution < 1.29 is 13.6 Å². The van der Waals surface area contributed by atoms with E-state index in [-0.39, 0.29) is 25.2 Å². The van der Waals surface area contributed by atoms with Crippen molar-refractivity contribution in [3.63, 3.8) is 0 Å². The molecular formula is C21H19Cl2F2N5O. The molecule has 0 aliphatic heterocycles. The van der Waals surface area contributed by atoms with Crippen LogP contribution in [0, 0.1) is 5.92 Å². The number of tetrazole rings is 1. The predicted octanol–water partition coefficient (Wildman–Crippen LogP) is 5.34. The van der Waals surface area contributed by atoms with Gasteiger partial charge in [0.2, 0.25) is 17.7 Å². The highest BCUT2D eigenvalue weighted by atomic mass is 35.5. The summed E-state index contributed by atoms with van der Waals surface area (Å²) in [6.07, 6.45) is -0.310. The number of benzene rings is 2. The van der Waals surface area contributed by atoms with E-state index in [4.69, 9.17) is 23.2 Å².